The summed E-state index contributed by atoms with van der Waals surface area (Å²) in [7, 11) is 0. The van der Waals surface area contributed by atoms with Gasteiger partial charge in [0.1, 0.15) is 12.1 Å². The molecule has 3 aromatic heterocycles. The summed E-state index contributed by atoms with van der Waals surface area (Å²) in [4.78, 5) is 29.4. The van der Waals surface area contributed by atoms with Crippen LogP contribution in [0.3, 0.4) is 0 Å². The van der Waals surface area contributed by atoms with Gasteiger partial charge in [-0.05, 0) is 24.3 Å². The second kappa shape index (κ2) is 7.08. The van der Waals surface area contributed by atoms with Gasteiger partial charge >= 0.3 is 0 Å². The standard InChI is InChI=1S/C18H15N7O5/c26-9-14-19-18-21-20-15-11(25(18)22-14)4-5-24(17(15)28)23-16(27)10-2-3-12-13(8-10)30-7-1-6-29-12/h2-5,8,26H,1,6-7,9H2,(H,23,27). The lowest BCUT2D eigenvalue weighted by Gasteiger charge is -2.11. The number of hydrogen-bond donors (Lipinski definition) is 2. The minimum atomic E-state index is -0.592. The Morgan fingerprint density at radius 2 is 2.00 bits per heavy atom. The number of carbonyl (C=O) groups excluding carboxylic acids is 1. The molecule has 12 nitrogen and oxygen atoms in total. The van der Waals surface area contributed by atoms with E-state index in [2.05, 4.69) is 25.7 Å². The van der Waals surface area contributed by atoms with Crippen LogP contribution in [0.4, 0.5) is 0 Å². The predicted molar refractivity (Wildman–Crippen MR) is 102 cm³/mol. The maximum Gasteiger partial charge on any atom is 0.299 e. The van der Waals surface area contributed by atoms with Crippen molar-refractivity contribution in [2.24, 2.45) is 0 Å². The Bertz CT molecular complexity index is 1350. The lowest BCUT2D eigenvalue weighted by Crippen LogP contribution is -2.33. The zero-order valence-corrected chi connectivity index (χ0v) is 15.5. The molecule has 0 unspecified atom stereocenters. The van der Waals surface area contributed by atoms with E-state index in [0.717, 1.165) is 11.1 Å². The van der Waals surface area contributed by atoms with Crippen LogP contribution in [0.2, 0.25) is 0 Å². The van der Waals surface area contributed by atoms with Crippen LogP contribution in [-0.2, 0) is 6.61 Å². The summed E-state index contributed by atoms with van der Waals surface area (Å²) in [6, 6.07) is 6.36. The van der Waals surface area contributed by atoms with Gasteiger partial charge in [-0.1, -0.05) is 0 Å². The molecule has 5 rings (SSSR count). The number of amides is 1. The largest absolute Gasteiger partial charge is 0.490 e. The first-order valence-electron chi connectivity index (χ1n) is 9.09. The number of rotatable bonds is 3. The van der Waals surface area contributed by atoms with E-state index >= 15 is 0 Å². The van der Waals surface area contributed by atoms with Gasteiger partial charge in [0, 0.05) is 18.2 Å². The van der Waals surface area contributed by atoms with Crippen molar-refractivity contribution in [2.45, 2.75) is 13.0 Å². The molecule has 0 saturated carbocycles. The van der Waals surface area contributed by atoms with Crippen LogP contribution in [0, 0.1) is 0 Å². The Hall–Kier alpha value is -4.06. The average Bonchev–Trinajstić information content (AvgIpc) is 3.05. The Labute approximate surface area is 167 Å². The van der Waals surface area contributed by atoms with E-state index in [0.29, 0.717) is 35.8 Å². The van der Waals surface area contributed by atoms with Gasteiger partial charge in [-0.2, -0.15) is 9.50 Å². The molecular formula is C18H15N7O5. The fourth-order valence-corrected chi connectivity index (χ4v) is 3.08. The van der Waals surface area contributed by atoms with Crippen molar-refractivity contribution in [3.05, 3.63) is 52.2 Å². The van der Waals surface area contributed by atoms with Crippen molar-refractivity contribution >= 4 is 22.7 Å². The molecule has 0 spiro atoms. The normalized spacial score (nSPS) is 13.4. The zero-order valence-electron chi connectivity index (χ0n) is 15.5. The second-order valence-electron chi connectivity index (χ2n) is 6.48. The molecule has 0 atom stereocenters. The number of fused-ring (bicyclic) bond motifs is 4. The molecule has 1 aromatic carbocycles. The zero-order chi connectivity index (χ0) is 20.7. The number of carbonyl (C=O) groups is 1. The third-order valence-corrected chi connectivity index (χ3v) is 4.52. The Morgan fingerprint density at radius 1 is 1.17 bits per heavy atom. The van der Waals surface area contributed by atoms with Gasteiger partial charge in [0.25, 0.3) is 17.2 Å². The third-order valence-electron chi connectivity index (χ3n) is 4.52. The van der Waals surface area contributed by atoms with Crippen LogP contribution in [0.5, 0.6) is 11.5 Å². The Kier molecular flexibility index (Phi) is 4.25. The summed E-state index contributed by atoms with van der Waals surface area (Å²) in [5.41, 5.74) is 2.56. The molecule has 0 radical (unpaired) electrons. The molecule has 30 heavy (non-hydrogen) atoms. The number of hydrogen-bond acceptors (Lipinski definition) is 9. The Balaban J connectivity index is 1.48. The molecule has 1 aliphatic rings. The van der Waals surface area contributed by atoms with Crippen molar-refractivity contribution in [3.63, 3.8) is 0 Å². The van der Waals surface area contributed by atoms with Crippen molar-refractivity contribution in [1.82, 2.24) is 29.5 Å². The molecule has 0 fully saturated rings. The number of ether oxygens (including phenoxy) is 2. The van der Waals surface area contributed by atoms with Gasteiger partial charge in [0.05, 0.1) is 13.2 Å². The molecule has 4 aromatic rings. The quantitative estimate of drug-likeness (QED) is 0.472. The molecule has 0 bridgehead atoms. The molecule has 4 heterocycles. The smallest absolute Gasteiger partial charge is 0.299 e. The summed E-state index contributed by atoms with van der Waals surface area (Å²) < 4.78 is 13.5. The van der Waals surface area contributed by atoms with Crippen LogP contribution in [0.1, 0.15) is 22.6 Å². The number of nitrogens with one attached hydrogen (secondary N) is 1. The monoisotopic (exact) mass is 409 g/mol. The minimum Gasteiger partial charge on any atom is -0.490 e. The van der Waals surface area contributed by atoms with Crippen molar-refractivity contribution in [3.8, 4) is 11.5 Å². The molecule has 1 aliphatic heterocycles. The van der Waals surface area contributed by atoms with Gasteiger partial charge < -0.3 is 14.6 Å². The first kappa shape index (κ1) is 18.0. The molecule has 0 saturated heterocycles. The van der Waals surface area contributed by atoms with E-state index in [4.69, 9.17) is 9.47 Å². The Morgan fingerprint density at radius 3 is 2.83 bits per heavy atom. The molecule has 12 heteroatoms. The highest BCUT2D eigenvalue weighted by atomic mass is 16.5. The van der Waals surface area contributed by atoms with Crippen molar-refractivity contribution in [2.75, 3.05) is 18.6 Å². The molecular weight excluding hydrogens is 394 g/mol. The van der Waals surface area contributed by atoms with Gasteiger partial charge in [0.15, 0.2) is 22.8 Å². The number of aliphatic hydroxyl groups excluding tert-OH is 1. The van der Waals surface area contributed by atoms with Crippen LogP contribution in [-0.4, -0.2) is 53.7 Å². The number of aromatic nitrogens is 6. The van der Waals surface area contributed by atoms with Crippen LogP contribution in [0.15, 0.2) is 35.3 Å². The third kappa shape index (κ3) is 2.99. The van der Waals surface area contributed by atoms with Gasteiger partial charge in [-0.15, -0.1) is 15.3 Å². The fraction of sp³-hybridized carbons (Fsp3) is 0.222. The molecule has 152 valence electrons. The van der Waals surface area contributed by atoms with Crippen molar-refractivity contribution in [1.29, 1.82) is 0 Å². The minimum absolute atomic E-state index is 0.0154. The van der Waals surface area contributed by atoms with E-state index in [9.17, 15) is 14.7 Å². The van der Waals surface area contributed by atoms with E-state index in [1.807, 2.05) is 0 Å². The fourth-order valence-electron chi connectivity index (χ4n) is 3.08. The second-order valence-corrected chi connectivity index (χ2v) is 6.48. The first-order valence-corrected chi connectivity index (χ1v) is 9.09. The maximum absolute atomic E-state index is 12.8. The highest BCUT2D eigenvalue weighted by Crippen LogP contribution is 2.30. The van der Waals surface area contributed by atoms with Gasteiger partial charge in [0.2, 0.25) is 0 Å². The predicted octanol–water partition coefficient (Wildman–Crippen LogP) is -0.128. The first-order chi connectivity index (χ1) is 14.6. The highest BCUT2D eigenvalue weighted by Gasteiger charge is 2.16. The highest BCUT2D eigenvalue weighted by molar-refractivity contribution is 6.00. The summed E-state index contributed by atoms with van der Waals surface area (Å²) >= 11 is 0. The van der Waals surface area contributed by atoms with Crippen molar-refractivity contribution < 1.29 is 19.4 Å². The van der Waals surface area contributed by atoms with E-state index in [-0.39, 0.29) is 23.7 Å². The number of benzene rings is 1. The summed E-state index contributed by atoms with van der Waals surface area (Å²) in [5.74, 6) is 0.847. The van der Waals surface area contributed by atoms with Gasteiger partial charge in [-0.3, -0.25) is 15.0 Å². The number of nitrogens with zero attached hydrogens (tertiary/aromatic N) is 6. The van der Waals surface area contributed by atoms with Crippen LogP contribution >= 0.6 is 0 Å². The lowest BCUT2D eigenvalue weighted by atomic mass is 10.2. The summed E-state index contributed by atoms with van der Waals surface area (Å²) in [6.07, 6.45) is 2.13. The van der Waals surface area contributed by atoms with E-state index < -0.39 is 11.5 Å². The molecule has 2 N–H and O–H groups in total. The SMILES string of the molecule is O=C(Nn1ccc2c(nnc3nc(CO)nn32)c1=O)c1ccc2c(c1)OCCCO2. The summed E-state index contributed by atoms with van der Waals surface area (Å²) in [5, 5.41) is 21.0. The topological polar surface area (TPSA) is 146 Å². The van der Waals surface area contributed by atoms with E-state index in [1.165, 1.54) is 10.7 Å². The van der Waals surface area contributed by atoms with Crippen LogP contribution < -0.4 is 20.5 Å². The maximum atomic E-state index is 12.8. The average molecular weight is 409 g/mol. The number of pyridine rings is 1. The van der Waals surface area contributed by atoms with E-state index in [1.54, 1.807) is 24.3 Å². The molecule has 1 amide bonds. The van der Waals surface area contributed by atoms with Crippen LogP contribution in [0.25, 0.3) is 16.8 Å². The van der Waals surface area contributed by atoms with Gasteiger partial charge in [-0.25, -0.2) is 4.68 Å². The summed E-state index contributed by atoms with van der Waals surface area (Å²) in [6.45, 7) is 0.675. The lowest BCUT2D eigenvalue weighted by molar-refractivity contribution is 0.101. The molecule has 0 aliphatic carbocycles. The number of aliphatic hydroxyl groups is 1.